The molecule has 1 N–H and O–H groups in total. The Morgan fingerprint density at radius 1 is 1.19 bits per heavy atom. The number of pyridine rings is 1. The molecule has 2 saturated heterocycles. The van der Waals surface area contributed by atoms with Crippen molar-refractivity contribution >= 4 is 23.5 Å². The molecule has 1 spiro atoms. The summed E-state index contributed by atoms with van der Waals surface area (Å²) in [6.07, 6.45) is -0.0389. The number of carboxylic acids is 1. The van der Waals surface area contributed by atoms with E-state index in [2.05, 4.69) is 10.1 Å². The second kappa shape index (κ2) is 8.60. The number of carbonyl (C=O) groups is 3. The minimum Gasteiger partial charge on any atom is -0.475 e. The van der Waals surface area contributed by atoms with Crippen molar-refractivity contribution in [1.82, 2.24) is 19.7 Å². The summed E-state index contributed by atoms with van der Waals surface area (Å²) in [5, 5.41) is 11.3. The number of aliphatic carboxylic acids is 1. The zero-order chi connectivity index (χ0) is 23.7. The summed E-state index contributed by atoms with van der Waals surface area (Å²) in [5.41, 5.74) is 1.63. The quantitative estimate of drug-likeness (QED) is 0.746. The number of aryl methyl sites for hydroxylation is 2. The lowest BCUT2D eigenvalue weighted by molar-refractivity contribution is -0.192. The fourth-order valence-electron chi connectivity index (χ4n) is 3.86. The van der Waals surface area contributed by atoms with Crippen LogP contribution in [0, 0.1) is 12.3 Å². The maximum atomic E-state index is 13.0. The highest BCUT2D eigenvalue weighted by Crippen LogP contribution is 2.42. The third-order valence-corrected chi connectivity index (χ3v) is 5.51. The van der Waals surface area contributed by atoms with Crippen LogP contribution in [0.1, 0.15) is 29.0 Å². The van der Waals surface area contributed by atoms with Crippen molar-refractivity contribution in [2.75, 3.05) is 24.5 Å². The Kier molecular flexibility index (Phi) is 6.24. The molecule has 2 aromatic rings. The molecule has 0 bridgehead atoms. The molecule has 1 unspecified atom stereocenters. The molecular weight excluding hydrogens is 431 g/mol. The Morgan fingerprint density at radius 2 is 1.84 bits per heavy atom. The van der Waals surface area contributed by atoms with Crippen molar-refractivity contribution in [2.24, 2.45) is 12.5 Å². The number of rotatable bonds is 2. The van der Waals surface area contributed by atoms with E-state index in [1.165, 1.54) is 0 Å². The lowest BCUT2D eigenvalue weighted by Crippen LogP contribution is -2.38. The van der Waals surface area contributed by atoms with Gasteiger partial charge in [-0.15, -0.1) is 0 Å². The van der Waals surface area contributed by atoms with E-state index >= 15 is 0 Å². The minimum atomic E-state index is -5.08. The predicted molar refractivity (Wildman–Crippen MR) is 106 cm³/mol. The van der Waals surface area contributed by atoms with E-state index in [1.807, 2.05) is 32.3 Å². The first-order valence-electron chi connectivity index (χ1n) is 9.77. The minimum absolute atomic E-state index is 0.0896. The number of likely N-dealkylation sites (tertiary alicyclic amines) is 1. The molecular formula is C20H22F3N5O4. The highest BCUT2D eigenvalue weighted by molar-refractivity contribution is 6.01. The Labute approximate surface area is 181 Å². The lowest BCUT2D eigenvalue weighted by atomic mass is 9.85. The number of alkyl halides is 3. The molecule has 2 fully saturated rings. The summed E-state index contributed by atoms with van der Waals surface area (Å²) in [5.74, 6) is -2.74. The largest absolute Gasteiger partial charge is 0.490 e. The number of hydrogen-bond acceptors (Lipinski definition) is 5. The lowest BCUT2D eigenvalue weighted by Gasteiger charge is -2.23. The van der Waals surface area contributed by atoms with Gasteiger partial charge < -0.3 is 14.9 Å². The maximum Gasteiger partial charge on any atom is 0.490 e. The summed E-state index contributed by atoms with van der Waals surface area (Å²) >= 11 is 0. The number of carboxylic acid groups (broad SMARTS) is 1. The number of halogens is 3. The average Bonchev–Trinajstić information content (AvgIpc) is 3.42. The van der Waals surface area contributed by atoms with Crippen LogP contribution >= 0.6 is 0 Å². The van der Waals surface area contributed by atoms with Crippen LogP contribution in [0.15, 0.2) is 30.6 Å². The molecule has 1 atom stereocenters. The Morgan fingerprint density at radius 3 is 2.41 bits per heavy atom. The number of carbonyl (C=O) groups excluding carboxylic acids is 2. The fraction of sp³-hybridized carbons (Fsp3) is 0.450. The topological polar surface area (TPSA) is 109 Å². The van der Waals surface area contributed by atoms with Gasteiger partial charge in [0.15, 0.2) is 0 Å². The van der Waals surface area contributed by atoms with Gasteiger partial charge in [-0.05, 0) is 31.9 Å². The van der Waals surface area contributed by atoms with Crippen molar-refractivity contribution in [3.05, 3.63) is 42.0 Å². The standard InChI is InChI=1S/C18H21N5O2.C2HF3O2/c1-13-4-3-5-15(20-13)16(24)22-8-6-18(12-22)7-9-23(17(18)25)14-10-19-21(2)11-14;3-2(4,5)1(6)7/h3-5,10-11H,6-9,12H2,1-2H3;(H,6,7). The van der Waals surface area contributed by atoms with Crippen molar-refractivity contribution in [2.45, 2.75) is 25.9 Å². The Balaban J connectivity index is 0.000000360. The summed E-state index contributed by atoms with van der Waals surface area (Å²) in [6, 6.07) is 5.44. The van der Waals surface area contributed by atoms with Crippen LogP contribution in [-0.2, 0) is 16.6 Å². The van der Waals surface area contributed by atoms with Gasteiger partial charge in [0.2, 0.25) is 5.91 Å². The van der Waals surface area contributed by atoms with E-state index in [0.717, 1.165) is 17.8 Å². The normalized spacial score (nSPS) is 20.5. The predicted octanol–water partition coefficient (Wildman–Crippen LogP) is 2.03. The third kappa shape index (κ3) is 4.73. The van der Waals surface area contributed by atoms with Crippen molar-refractivity contribution in [3.63, 3.8) is 0 Å². The first-order chi connectivity index (χ1) is 14.9. The average molecular weight is 453 g/mol. The fourth-order valence-corrected chi connectivity index (χ4v) is 3.86. The molecule has 0 radical (unpaired) electrons. The van der Waals surface area contributed by atoms with E-state index in [-0.39, 0.29) is 11.8 Å². The molecule has 12 heteroatoms. The second-order valence-corrected chi connectivity index (χ2v) is 7.80. The van der Waals surface area contributed by atoms with Gasteiger partial charge in [0.25, 0.3) is 5.91 Å². The number of nitrogens with zero attached hydrogens (tertiary/aromatic N) is 5. The zero-order valence-corrected chi connectivity index (χ0v) is 17.5. The van der Waals surface area contributed by atoms with E-state index in [9.17, 15) is 22.8 Å². The molecule has 4 rings (SSSR count). The van der Waals surface area contributed by atoms with Crippen LogP contribution in [-0.4, -0.2) is 68.4 Å². The van der Waals surface area contributed by atoms with Gasteiger partial charge in [0, 0.05) is 38.6 Å². The molecule has 32 heavy (non-hydrogen) atoms. The number of aromatic nitrogens is 3. The van der Waals surface area contributed by atoms with Gasteiger partial charge in [0.05, 0.1) is 17.3 Å². The van der Waals surface area contributed by atoms with E-state index in [1.54, 1.807) is 26.7 Å². The zero-order valence-electron chi connectivity index (χ0n) is 17.5. The number of anilines is 1. The Bertz CT molecular complexity index is 1040. The van der Waals surface area contributed by atoms with Crippen LogP contribution in [0.4, 0.5) is 18.9 Å². The van der Waals surface area contributed by atoms with E-state index < -0.39 is 17.6 Å². The number of hydrogen-bond donors (Lipinski definition) is 1. The highest BCUT2D eigenvalue weighted by Gasteiger charge is 2.52. The molecule has 172 valence electrons. The van der Waals surface area contributed by atoms with Gasteiger partial charge >= 0.3 is 12.1 Å². The SMILES string of the molecule is Cc1cccc(C(=O)N2CCC3(CCN(c4cnn(C)c4)C3=O)C2)n1.O=C(O)C(F)(F)F. The second-order valence-electron chi connectivity index (χ2n) is 7.80. The third-order valence-electron chi connectivity index (χ3n) is 5.51. The van der Waals surface area contributed by atoms with E-state index in [0.29, 0.717) is 31.7 Å². The van der Waals surface area contributed by atoms with Gasteiger partial charge in [-0.25, -0.2) is 9.78 Å². The summed E-state index contributed by atoms with van der Waals surface area (Å²) < 4.78 is 33.4. The van der Waals surface area contributed by atoms with Crippen molar-refractivity contribution in [3.8, 4) is 0 Å². The molecule has 0 saturated carbocycles. The highest BCUT2D eigenvalue weighted by atomic mass is 19.4. The van der Waals surface area contributed by atoms with Crippen LogP contribution < -0.4 is 4.90 Å². The smallest absolute Gasteiger partial charge is 0.475 e. The molecule has 2 aromatic heterocycles. The first kappa shape index (κ1) is 23.2. The van der Waals surface area contributed by atoms with Crippen LogP contribution in [0.5, 0.6) is 0 Å². The molecule has 2 aliphatic rings. The molecule has 2 aliphatic heterocycles. The molecule has 4 heterocycles. The molecule has 2 amide bonds. The molecule has 0 aliphatic carbocycles. The van der Waals surface area contributed by atoms with Crippen molar-refractivity contribution < 1.29 is 32.7 Å². The van der Waals surface area contributed by atoms with E-state index in [4.69, 9.17) is 9.90 Å². The van der Waals surface area contributed by atoms with Gasteiger partial charge in [-0.1, -0.05) is 6.07 Å². The summed E-state index contributed by atoms with van der Waals surface area (Å²) in [7, 11) is 1.84. The number of amides is 2. The van der Waals surface area contributed by atoms with Crippen LogP contribution in [0.3, 0.4) is 0 Å². The van der Waals surface area contributed by atoms with Crippen LogP contribution in [0.2, 0.25) is 0 Å². The van der Waals surface area contributed by atoms with Gasteiger partial charge in [0.1, 0.15) is 5.69 Å². The maximum absolute atomic E-state index is 13.0. The van der Waals surface area contributed by atoms with Crippen molar-refractivity contribution in [1.29, 1.82) is 0 Å². The first-order valence-corrected chi connectivity index (χ1v) is 9.77. The Hall–Kier alpha value is -3.44. The van der Waals surface area contributed by atoms with Crippen LogP contribution in [0.25, 0.3) is 0 Å². The summed E-state index contributed by atoms with van der Waals surface area (Å²) in [6.45, 7) is 3.61. The van der Waals surface area contributed by atoms with Gasteiger partial charge in [-0.2, -0.15) is 18.3 Å². The molecule has 9 nitrogen and oxygen atoms in total. The monoisotopic (exact) mass is 453 g/mol. The van der Waals surface area contributed by atoms with Gasteiger partial charge in [-0.3, -0.25) is 14.3 Å². The summed E-state index contributed by atoms with van der Waals surface area (Å²) in [4.78, 5) is 42.5. The molecule has 0 aromatic carbocycles.